The lowest BCUT2D eigenvalue weighted by Crippen LogP contribution is -2.12. The SMILES string of the molecule is CC1=NC(C)C(c2ccc3sc4c5cccc6ccc7cccc(c4c3c2)c7c65)=N1. The predicted octanol–water partition coefficient (Wildman–Crippen LogP) is 7.56. The third-order valence-corrected chi connectivity index (χ3v) is 7.65. The second kappa shape index (κ2) is 5.65. The van der Waals surface area contributed by atoms with Crippen LogP contribution in [0, 0.1) is 0 Å². The van der Waals surface area contributed by atoms with E-state index in [0.29, 0.717) is 0 Å². The van der Waals surface area contributed by atoms with Crippen molar-refractivity contribution >= 4 is 75.4 Å². The maximum Gasteiger partial charge on any atom is 0.121 e. The third-order valence-electron chi connectivity index (χ3n) is 6.44. The van der Waals surface area contributed by atoms with Crippen LogP contribution in [0.5, 0.6) is 0 Å². The van der Waals surface area contributed by atoms with Gasteiger partial charge < -0.3 is 0 Å². The first-order chi connectivity index (χ1) is 14.7. The maximum absolute atomic E-state index is 4.72. The van der Waals surface area contributed by atoms with Gasteiger partial charge in [-0.25, -0.2) is 4.99 Å². The van der Waals surface area contributed by atoms with Crippen molar-refractivity contribution in [2.24, 2.45) is 9.98 Å². The van der Waals surface area contributed by atoms with Crippen molar-refractivity contribution in [1.29, 1.82) is 0 Å². The minimum atomic E-state index is 0.120. The van der Waals surface area contributed by atoms with Crippen LogP contribution in [0.25, 0.3) is 52.5 Å². The van der Waals surface area contributed by atoms with Crippen LogP contribution in [-0.4, -0.2) is 17.6 Å². The maximum atomic E-state index is 4.72. The number of rotatable bonds is 1. The van der Waals surface area contributed by atoms with Gasteiger partial charge >= 0.3 is 0 Å². The molecule has 1 aromatic heterocycles. The number of hydrogen-bond donors (Lipinski definition) is 0. The molecule has 2 nitrogen and oxygen atoms in total. The van der Waals surface area contributed by atoms with E-state index >= 15 is 0 Å². The van der Waals surface area contributed by atoms with Gasteiger partial charge in [0.15, 0.2) is 0 Å². The zero-order valence-corrected chi connectivity index (χ0v) is 17.5. The quantitative estimate of drug-likeness (QED) is 0.254. The van der Waals surface area contributed by atoms with E-state index in [1.54, 1.807) is 0 Å². The Bertz CT molecular complexity index is 1720. The summed E-state index contributed by atoms with van der Waals surface area (Å²) >= 11 is 1.90. The van der Waals surface area contributed by atoms with Crippen LogP contribution >= 0.6 is 11.3 Å². The molecule has 1 unspecified atom stereocenters. The van der Waals surface area contributed by atoms with Gasteiger partial charge in [-0.1, -0.05) is 54.6 Å². The predicted molar refractivity (Wildman–Crippen MR) is 132 cm³/mol. The zero-order valence-electron chi connectivity index (χ0n) is 16.7. The summed E-state index contributed by atoms with van der Waals surface area (Å²) in [4.78, 5) is 9.32. The molecule has 0 aliphatic carbocycles. The van der Waals surface area contributed by atoms with Crippen LogP contribution in [0.2, 0.25) is 0 Å². The van der Waals surface area contributed by atoms with Crippen molar-refractivity contribution in [2.75, 3.05) is 0 Å². The molecule has 0 N–H and O–H groups in total. The first-order valence-electron chi connectivity index (χ1n) is 10.3. The Hall–Kier alpha value is -3.30. The second-order valence-corrected chi connectivity index (χ2v) is 9.29. The van der Waals surface area contributed by atoms with E-state index < -0.39 is 0 Å². The molecule has 7 rings (SSSR count). The molecule has 0 fully saturated rings. The molecule has 0 saturated carbocycles. The number of benzene rings is 5. The highest BCUT2D eigenvalue weighted by Crippen LogP contribution is 2.46. The van der Waals surface area contributed by atoms with Crippen LogP contribution in [0.15, 0.2) is 76.7 Å². The molecule has 1 aliphatic rings. The van der Waals surface area contributed by atoms with E-state index in [4.69, 9.17) is 4.99 Å². The van der Waals surface area contributed by atoms with Gasteiger partial charge in [0.25, 0.3) is 0 Å². The highest BCUT2D eigenvalue weighted by atomic mass is 32.1. The smallest absolute Gasteiger partial charge is 0.121 e. The molecule has 142 valence electrons. The van der Waals surface area contributed by atoms with Crippen molar-refractivity contribution in [1.82, 2.24) is 0 Å². The van der Waals surface area contributed by atoms with Gasteiger partial charge in [0.2, 0.25) is 0 Å². The highest BCUT2D eigenvalue weighted by Gasteiger charge is 2.21. The molecule has 0 saturated heterocycles. The van der Waals surface area contributed by atoms with Crippen molar-refractivity contribution in [3.05, 3.63) is 72.3 Å². The molecule has 0 spiro atoms. The molecule has 30 heavy (non-hydrogen) atoms. The van der Waals surface area contributed by atoms with Crippen molar-refractivity contribution < 1.29 is 0 Å². The lowest BCUT2D eigenvalue weighted by atomic mass is 9.91. The van der Waals surface area contributed by atoms with E-state index in [1.165, 1.54) is 58.1 Å². The molecule has 3 heteroatoms. The van der Waals surface area contributed by atoms with Crippen molar-refractivity contribution in [2.45, 2.75) is 19.9 Å². The van der Waals surface area contributed by atoms with Gasteiger partial charge in [0.05, 0.1) is 11.8 Å². The van der Waals surface area contributed by atoms with Crippen LogP contribution in [0.1, 0.15) is 19.4 Å². The highest BCUT2D eigenvalue weighted by molar-refractivity contribution is 7.27. The van der Waals surface area contributed by atoms with E-state index in [2.05, 4.69) is 78.6 Å². The first kappa shape index (κ1) is 16.5. The Morgan fingerprint density at radius 1 is 0.767 bits per heavy atom. The van der Waals surface area contributed by atoms with Gasteiger partial charge in [-0.15, -0.1) is 11.3 Å². The van der Waals surface area contributed by atoms with E-state index in [-0.39, 0.29) is 6.04 Å². The van der Waals surface area contributed by atoms with Crippen LogP contribution < -0.4 is 0 Å². The number of thiophene rings is 1. The van der Waals surface area contributed by atoms with Gasteiger partial charge in [0, 0.05) is 25.6 Å². The molecular weight excluding hydrogens is 384 g/mol. The summed E-state index contributed by atoms with van der Waals surface area (Å²) in [7, 11) is 0. The normalized spacial score (nSPS) is 17.1. The topological polar surface area (TPSA) is 24.7 Å². The molecule has 6 aromatic rings. The molecule has 1 atom stereocenters. The molecule has 0 amide bonds. The standard InChI is InChI=1S/C27H18N2S/c1-14-26(29-15(2)28-14)18-11-12-22-21(13-18)25-19-7-3-5-16-9-10-17-6-4-8-20(27(25)30-22)24(17)23(16)19/h3-14H,1-2H3. The second-order valence-electron chi connectivity index (χ2n) is 8.24. The Kier molecular flexibility index (Phi) is 3.10. The summed E-state index contributed by atoms with van der Waals surface area (Å²) in [5.41, 5.74) is 2.26. The largest absolute Gasteiger partial charge is 0.261 e. The van der Waals surface area contributed by atoms with Gasteiger partial charge in [-0.2, -0.15) is 0 Å². The fourth-order valence-electron chi connectivity index (χ4n) is 5.21. The Balaban J connectivity index is 1.69. The number of hydrogen-bond acceptors (Lipinski definition) is 3. The van der Waals surface area contributed by atoms with Gasteiger partial charge in [-0.3, -0.25) is 4.99 Å². The number of aliphatic imine (C=N–C) groups is 2. The Labute approximate surface area is 177 Å². The van der Waals surface area contributed by atoms with E-state index in [9.17, 15) is 0 Å². The minimum absolute atomic E-state index is 0.120. The average Bonchev–Trinajstić information content (AvgIpc) is 3.31. The van der Waals surface area contributed by atoms with E-state index in [1.807, 2.05) is 18.3 Å². The Morgan fingerprint density at radius 3 is 2.23 bits per heavy atom. The molecular formula is C27H18N2S. The van der Waals surface area contributed by atoms with Crippen LogP contribution in [-0.2, 0) is 0 Å². The summed E-state index contributed by atoms with van der Waals surface area (Å²) in [6, 6.07) is 24.9. The molecule has 5 aromatic carbocycles. The number of nitrogens with zero attached hydrogens (tertiary/aromatic N) is 2. The zero-order chi connectivity index (χ0) is 20.0. The average molecular weight is 403 g/mol. The van der Waals surface area contributed by atoms with E-state index in [0.717, 1.165) is 11.5 Å². The summed E-state index contributed by atoms with van der Waals surface area (Å²) < 4.78 is 2.71. The first-order valence-corrected chi connectivity index (χ1v) is 11.2. The number of amidine groups is 1. The molecule has 0 bridgehead atoms. The fourth-order valence-corrected chi connectivity index (χ4v) is 6.44. The molecule has 0 radical (unpaired) electrons. The van der Waals surface area contributed by atoms with Crippen molar-refractivity contribution in [3.8, 4) is 0 Å². The van der Waals surface area contributed by atoms with Gasteiger partial charge in [-0.05, 0) is 58.5 Å². The minimum Gasteiger partial charge on any atom is -0.261 e. The summed E-state index contributed by atoms with van der Waals surface area (Å²) in [6.07, 6.45) is 0. The Morgan fingerprint density at radius 2 is 1.50 bits per heavy atom. The molecule has 1 aliphatic heterocycles. The van der Waals surface area contributed by atoms with Crippen LogP contribution in [0.3, 0.4) is 0 Å². The summed E-state index contributed by atoms with van der Waals surface area (Å²) in [6.45, 7) is 4.10. The summed E-state index contributed by atoms with van der Waals surface area (Å²) in [5.74, 6) is 0.871. The molecule has 2 heterocycles. The lowest BCUT2D eigenvalue weighted by molar-refractivity contribution is 0.998. The monoisotopic (exact) mass is 402 g/mol. The number of fused-ring (bicyclic) bond motifs is 5. The van der Waals surface area contributed by atoms with Crippen molar-refractivity contribution in [3.63, 3.8) is 0 Å². The third kappa shape index (κ3) is 2.03. The summed E-state index contributed by atoms with van der Waals surface area (Å²) in [5, 5.41) is 10.8. The van der Waals surface area contributed by atoms with Gasteiger partial charge in [0.1, 0.15) is 5.84 Å². The lowest BCUT2D eigenvalue weighted by Gasteiger charge is -2.12. The fraction of sp³-hybridized carbons (Fsp3) is 0.111. The van der Waals surface area contributed by atoms with Crippen LogP contribution in [0.4, 0.5) is 0 Å².